The summed E-state index contributed by atoms with van der Waals surface area (Å²) in [5.74, 6) is -4.71. The Morgan fingerprint density at radius 3 is 2.00 bits per heavy atom. The smallest absolute Gasteiger partial charge is 0.246 e. The fraction of sp³-hybridized carbons (Fsp3) is 0.317. The second kappa shape index (κ2) is 22.5. The molecule has 0 bridgehead atoms. The molecule has 1 heterocycles. The first-order chi connectivity index (χ1) is 28.3. The maximum absolute atomic E-state index is 14.4. The summed E-state index contributed by atoms with van der Waals surface area (Å²) in [6.45, 7) is -0.0210. The molecule has 4 rings (SSSR count). The minimum Gasteiger partial charge on any atom is -0.370 e. The van der Waals surface area contributed by atoms with Crippen molar-refractivity contribution >= 4 is 58.2 Å². The van der Waals surface area contributed by atoms with Crippen LogP contribution in [0.5, 0.6) is 0 Å². The van der Waals surface area contributed by atoms with Gasteiger partial charge in [-0.1, -0.05) is 78.9 Å². The van der Waals surface area contributed by atoms with Gasteiger partial charge in [-0.2, -0.15) is 0 Å². The molecule has 312 valence electrons. The van der Waals surface area contributed by atoms with Gasteiger partial charge in [-0.25, -0.2) is 0 Å². The van der Waals surface area contributed by atoms with Gasteiger partial charge < -0.3 is 53.7 Å². The number of hydrogen-bond acceptors (Lipinski definition) is 8. The Labute approximate surface area is 341 Å². The molecule has 1 aromatic heterocycles. The van der Waals surface area contributed by atoms with Crippen molar-refractivity contribution in [3.05, 3.63) is 108 Å². The van der Waals surface area contributed by atoms with Crippen molar-refractivity contribution in [3.8, 4) is 0 Å². The number of rotatable bonds is 22. The number of aromatic nitrogens is 1. The van der Waals surface area contributed by atoms with E-state index < -0.39 is 72.6 Å². The van der Waals surface area contributed by atoms with Crippen LogP contribution in [0.4, 0.5) is 0 Å². The number of aromatic amines is 1. The van der Waals surface area contributed by atoms with Crippen molar-refractivity contribution in [2.24, 2.45) is 22.2 Å². The topological polar surface area (TPSA) is 289 Å². The number of nitrogens with one attached hydrogen (secondary N) is 6. The third-order valence-corrected chi connectivity index (χ3v) is 9.04. The maximum atomic E-state index is 14.4. The molecular formula is C41H51N11O7. The molecule has 3 atom stereocenters. The molecule has 18 heteroatoms. The first-order valence-electron chi connectivity index (χ1n) is 19.0. The van der Waals surface area contributed by atoms with Crippen LogP contribution in [0.3, 0.4) is 0 Å². The van der Waals surface area contributed by atoms with E-state index in [0.717, 1.165) is 16.5 Å². The summed E-state index contributed by atoms with van der Waals surface area (Å²) in [7, 11) is 0. The van der Waals surface area contributed by atoms with E-state index in [0.29, 0.717) is 11.1 Å². The average molecular weight is 810 g/mol. The van der Waals surface area contributed by atoms with Crippen LogP contribution in [-0.2, 0) is 52.9 Å². The van der Waals surface area contributed by atoms with E-state index in [1.807, 2.05) is 30.3 Å². The van der Waals surface area contributed by atoms with E-state index in [4.69, 9.17) is 17.2 Å². The standard InChI is InChI=1S/C41H51N11O7/c1-26(53)46-23-36(55)50-34(19-27-11-4-2-5-12-27)40(59)52(24-28-13-6-3-7-14-28)25-37(56)49-32(17-10-18-45-41(43)44)39(58)51-33(38(57)48-22-35(42)54)20-29-21-47-31-16-9-8-15-30(29)31/h2-9,11-16,21,32-34,47H,10,17-20,22-25H2,1H3,(H2,42,54)(H,46,53)(H,48,57)(H,49,56)(H,50,55)(H,51,58)(H4,43,44,45)/t32-,33-,34-/m0/s1. The van der Waals surface area contributed by atoms with Crippen LogP contribution in [0, 0.1) is 0 Å². The molecule has 4 aromatic rings. The number of hydrogen-bond donors (Lipinski definition) is 9. The van der Waals surface area contributed by atoms with Crippen LogP contribution in [0.15, 0.2) is 96.1 Å². The predicted molar refractivity (Wildman–Crippen MR) is 221 cm³/mol. The Kier molecular flexibility index (Phi) is 17.0. The quantitative estimate of drug-likeness (QED) is 0.0273. The molecule has 59 heavy (non-hydrogen) atoms. The first-order valence-corrected chi connectivity index (χ1v) is 19.0. The lowest BCUT2D eigenvalue weighted by Gasteiger charge is -2.29. The molecular weight excluding hydrogens is 759 g/mol. The molecule has 18 nitrogen and oxygen atoms in total. The molecule has 0 radical (unpaired) electrons. The third kappa shape index (κ3) is 15.0. The summed E-state index contributed by atoms with van der Waals surface area (Å²) in [5.41, 5.74) is 19.2. The summed E-state index contributed by atoms with van der Waals surface area (Å²) in [6, 6.07) is 21.7. The highest BCUT2D eigenvalue weighted by atomic mass is 16.2. The lowest BCUT2D eigenvalue weighted by Crippen LogP contribution is -2.57. The van der Waals surface area contributed by atoms with Crippen LogP contribution in [-0.4, -0.2) is 101 Å². The second-order valence-electron chi connectivity index (χ2n) is 13.8. The molecule has 0 saturated carbocycles. The van der Waals surface area contributed by atoms with Gasteiger partial charge in [-0.15, -0.1) is 0 Å². The zero-order valence-corrected chi connectivity index (χ0v) is 32.7. The summed E-state index contributed by atoms with van der Waals surface area (Å²) in [6.07, 6.45) is 2.07. The fourth-order valence-corrected chi connectivity index (χ4v) is 6.22. The van der Waals surface area contributed by atoms with Gasteiger partial charge in [0, 0.05) is 50.0 Å². The number of primary amides is 1. The highest BCUT2D eigenvalue weighted by Crippen LogP contribution is 2.19. The second-order valence-corrected chi connectivity index (χ2v) is 13.8. The van der Waals surface area contributed by atoms with Gasteiger partial charge in [0.05, 0.1) is 19.6 Å². The predicted octanol–water partition coefficient (Wildman–Crippen LogP) is -0.772. The summed E-state index contributed by atoms with van der Waals surface area (Å²) in [5, 5.41) is 13.8. The number of guanidine groups is 1. The van der Waals surface area contributed by atoms with Crippen molar-refractivity contribution in [2.45, 2.75) is 57.3 Å². The van der Waals surface area contributed by atoms with Crippen LogP contribution in [0.1, 0.15) is 36.5 Å². The van der Waals surface area contributed by atoms with Gasteiger partial charge >= 0.3 is 0 Å². The molecule has 0 fully saturated rings. The van der Waals surface area contributed by atoms with Crippen LogP contribution in [0.2, 0.25) is 0 Å². The Bertz CT molecular complexity index is 2100. The SMILES string of the molecule is CC(=O)NCC(=O)N[C@@H](Cc1ccccc1)C(=O)N(CC(=O)N[C@@H](CCCN=C(N)N)C(=O)N[C@@H](Cc1c[nH]c2ccccc12)C(=O)NCC(N)=O)Cc1ccccc1. The molecule has 0 aliphatic carbocycles. The number of para-hydroxylation sites is 1. The summed E-state index contributed by atoms with van der Waals surface area (Å²) >= 11 is 0. The zero-order chi connectivity index (χ0) is 42.7. The highest BCUT2D eigenvalue weighted by Gasteiger charge is 2.31. The lowest BCUT2D eigenvalue weighted by molar-refractivity contribution is -0.140. The van der Waals surface area contributed by atoms with E-state index in [9.17, 15) is 33.6 Å². The number of benzene rings is 3. The summed E-state index contributed by atoms with van der Waals surface area (Å²) in [4.78, 5) is 100. The summed E-state index contributed by atoms with van der Waals surface area (Å²) < 4.78 is 0. The van der Waals surface area contributed by atoms with E-state index >= 15 is 0 Å². The van der Waals surface area contributed by atoms with Gasteiger partial charge in [-0.3, -0.25) is 38.6 Å². The van der Waals surface area contributed by atoms with E-state index in [1.165, 1.54) is 11.8 Å². The number of H-pyrrole nitrogens is 1. The van der Waals surface area contributed by atoms with Gasteiger partial charge in [0.25, 0.3) is 0 Å². The fourth-order valence-electron chi connectivity index (χ4n) is 6.22. The monoisotopic (exact) mass is 809 g/mol. The highest BCUT2D eigenvalue weighted by molar-refractivity contribution is 5.96. The molecule has 7 amide bonds. The van der Waals surface area contributed by atoms with Crippen LogP contribution in [0.25, 0.3) is 10.9 Å². The van der Waals surface area contributed by atoms with Crippen molar-refractivity contribution in [3.63, 3.8) is 0 Å². The molecule has 0 aliphatic heterocycles. The average Bonchev–Trinajstić information content (AvgIpc) is 3.62. The number of nitrogens with two attached hydrogens (primary N) is 3. The molecule has 0 saturated heterocycles. The van der Waals surface area contributed by atoms with Crippen LogP contribution >= 0.6 is 0 Å². The van der Waals surface area contributed by atoms with Crippen molar-refractivity contribution < 1.29 is 33.6 Å². The van der Waals surface area contributed by atoms with Gasteiger partial charge in [-0.05, 0) is 35.6 Å². The number of fused-ring (bicyclic) bond motifs is 1. The third-order valence-electron chi connectivity index (χ3n) is 9.04. The molecule has 0 unspecified atom stereocenters. The molecule has 0 spiro atoms. The van der Waals surface area contributed by atoms with Gasteiger partial charge in [0.2, 0.25) is 41.4 Å². The lowest BCUT2D eigenvalue weighted by atomic mass is 10.0. The number of carbonyl (C=O) groups excluding carboxylic acids is 7. The number of aliphatic imine (C=N–C) groups is 1. The minimum absolute atomic E-state index is 0.0187. The number of carbonyl (C=O) groups is 7. The number of nitrogens with zero attached hydrogens (tertiary/aromatic N) is 2. The van der Waals surface area contributed by atoms with Gasteiger partial charge in [0.15, 0.2) is 5.96 Å². The Hall–Kier alpha value is -7.24. The normalized spacial score (nSPS) is 12.2. The molecule has 3 aromatic carbocycles. The number of amides is 7. The zero-order valence-electron chi connectivity index (χ0n) is 32.7. The Morgan fingerprint density at radius 1 is 0.695 bits per heavy atom. The van der Waals surface area contributed by atoms with Crippen LogP contribution < -0.4 is 43.8 Å². The Morgan fingerprint density at radius 2 is 1.34 bits per heavy atom. The van der Waals surface area contributed by atoms with E-state index in [1.54, 1.807) is 60.8 Å². The largest absolute Gasteiger partial charge is 0.370 e. The first kappa shape index (κ1) is 44.5. The van der Waals surface area contributed by atoms with E-state index in [-0.39, 0.29) is 51.3 Å². The Balaban J connectivity index is 1.60. The van der Waals surface area contributed by atoms with Crippen molar-refractivity contribution in [1.29, 1.82) is 0 Å². The maximum Gasteiger partial charge on any atom is 0.246 e. The van der Waals surface area contributed by atoms with E-state index in [2.05, 4.69) is 36.6 Å². The minimum atomic E-state index is -1.24. The molecule has 12 N–H and O–H groups in total. The molecule has 0 aliphatic rings. The van der Waals surface area contributed by atoms with Crippen molar-refractivity contribution in [2.75, 3.05) is 26.2 Å². The van der Waals surface area contributed by atoms with Gasteiger partial charge in [0.1, 0.15) is 18.1 Å². The van der Waals surface area contributed by atoms with Crippen molar-refractivity contribution in [1.82, 2.24) is 36.5 Å².